The Labute approximate surface area is 187 Å². The molecule has 0 aromatic heterocycles. The molecule has 0 unspecified atom stereocenters. The molecule has 0 radical (unpaired) electrons. The third-order valence-electron chi connectivity index (χ3n) is 4.60. The molecule has 2 aromatic rings. The SMILES string of the molecule is CCCOc1ccc(/C=C2\SC(=S)N(CCc3ccc(OC)cc3)C2=O)cc1OC. The fourth-order valence-electron chi connectivity index (χ4n) is 2.98. The van der Waals surface area contributed by atoms with Gasteiger partial charge in [0.15, 0.2) is 11.5 Å². The summed E-state index contributed by atoms with van der Waals surface area (Å²) in [5.74, 6) is 2.09. The molecular formula is C23H25NO4S2. The third-order valence-corrected chi connectivity index (χ3v) is 5.98. The number of ether oxygens (including phenoxy) is 3. The van der Waals surface area contributed by atoms with Crippen molar-refractivity contribution in [2.75, 3.05) is 27.4 Å². The second-order valence-electron chi connectivity index (χ2n) is 6.69. The predicted octanol–water partition coefficient (Wildman–Crippen LogP) is 4.94. The number of carbonyl (C=O) groups is 1. The zero-order chi connectivity index (χ0) is 21.5. The molecule has 0 aliphatic carbocycles. The highest BCUT2D eigenvalue weighted by molar-refractivity contribution is 8.26. The van der Waals surface area contributed by atoms with Gasteiger partial charge in [0.1, 0.15) is 10.1 Å². The molecule has 7 heteroatoms. The van der Waals surface area contributed by atoms with Crippen LogP contribution in [0.25, 0.3) is 6.08 Å². The molecule has 1 fully saturated rings. The van der Waals surface area contributed by atoms with Crippen molar-refractivity contribution in [3.8, 4) is 17.2 Å². The van der Waals surface area contributed by atoms with Crippen molar-refractivity contribution in [1.29, 1.82) is 0 Å². The van der Waals surface area contributed by atoms with Crippen LogP contribution in [0.15, 0.2) is 47.4 Å². The van der Waals surface area contributed by atoms with Crippen molar-refractivity contribution in [3.05, 3.63) is 58.5 Å². The predicted molar refractivity (Wildman–Crippen MR) is 125 cm³/mol. The molecule has 0 saturated carbocycles. The number of thiocarbonyl (C=S) groups is 1. The number of thioether (sulfide) groups is 1. The summed E-state index contributed by atoms with van der Waals surface area (Å²) in [7, 11) is 3.25. The second kappa shape index (κ2) is 10.5. The molecule has 1 aliphatic heterocycles. The number of methoxy groups -OCH3 is 2. The van der Waals surface area contributed by atoms with Crippen molar-refractivity contribution in [2.24, 2.45) is 0 Å². The molecule has 1 aliphatic rings. The van der Waals surface area contributed by atoms with Gasteiger partial charge in [-0.15, -0.1) is 0 Å². The lowest BCUT2D eigenvalue weighted by molar-refractivity contribution is -0.122. The van der Waals surface area contributed by atoms with Gasteiger partial charge in [-0.3, -0.25) is 9.69 Å². The molecule has 1 amide bonds. The first-order valence-corrected chi connectivity index (χ1v) is 11.0. The molecule has 5 nitrogen and oxygen atoms in total. The summed E-state index contributed by atoms with van der Waals surface area (Å²) < 4.78 is 16.9. The standard InChI is InChI=1S/C23H25NO4S2/c1-4-13-28-19-10-7-17(14-20(19)27-3)15-21-22(25)24(23(29)30-21)12-11-16-5-8-18(26-2)9-6-16/h5-10,14-15H,4,11-13H2,1-3H3/b21-15-. The largest absolute Gasteiger partial charge is 0.497 e. The van der Waals surface area contributed by atoms with Crippen LogP contribution in [0.3, 0.4) is 0 Å². The monoisotopic (exact) mass is 443 g/mol. The van der Waals surface area contributed by atoms with Crippen molar-refractivity contribution in [2.45, 2.75) is 19.8 Å². The Morgan fingerprint density at radius 3 is 2.50 bits per heavy atom. The van der Waals surface area contributed by atoms with Crippen molar-refractivity contribution in [3.63, 3.8) is 0 Å². The molecule has 158 valence electrons. The summed E-state index contributed by atoms with van der Waals surface area (Å²) in [4.78, 5) is 15.1. The Hall–Kier alpha value is -2.51. The quantitative estimate of drug-likeness (QED) is 0.404. The number of nitrogens with zero attached hydrogens (tertiary/aromatic N) is 1. The van der Waals surface area contributed by atoms with E-state index >= 15 is 0 Å². The highest BCUT2D eigenvalue weighted by Gasteiger charge is 2.31. The lowest BCUT2D eigenvalue weighted by atomic mass is 10.1. The third kappa shape index (κ3) is 5.34. The number of carbonyl (C=O) groups excluding carboxylic acids is 1. The first-order chi connectivity index (χ1) is 14.5. The Morgan fingerprint density at radius 1 is 1.07 bits per heavy atom. The van der Waals surface area contributed by atoms with Crippen LogP contribution in [-0.4, -0.2) is 42.5 Å². The van der Waals surface area contributed by atoms with Gasteiger partial charge in [-0.1, -0.05) is 49.1 Å². The molecule has 3 rings (SSSR count). The molecule has 0 atom stereocenters. The van der Waals surface area contributed by atoms with Crippen LogP contribution in [-0.2, 0) is 11.2 Å². The summed E-state index contributed by atoms with van der Waals surface area (Å²) in [6.07, 6.45) is 3.49. The van der Waals surface area contributed by atoms with Gasteiger partial charge in [-0.05, 0) is 54.3 Å². The highest BCUT2D eigenvalue weighted by Crippen LogP contribution is 2.35. The summed E-state index contributed by atoms with van der Waals surface area (Å²) in [6, 6.07) is 13.5. The van der Waals surface area contributed by atoms with Crippen LogP contribution in [0.1, 0.15) is 24.5 Å². The summed E-state index contributed by atoms with van der Waals surface area (Å²) in [5, 5.41) is 0. The van der Waals surface area contributed by atoms with E-state index in [1.54, 1.807) is 19.1 Å². The first-order valence-electron chi connectivity index (χ1n) is 9.74. The van der Waals surface area contributed by atoms with E-state index in [1.807, 2.05) is 48.5 Å². The Kier molecular flexibility index (Phi) is 7.76. The van der Waals surface area contributed by atoms with E-state index in [0.29, 0.717) is 33.9 Å². The summed E-state index contributed by atoms with van der Waals surface area (Å²) in [6.45, 7) is 3.22. The maximum absolute atomic E-state index is 12.9. The van der Waals surface area contributed by atoms with Crippen LogP contribution < -0.4 is 14.2 Å². The molecule has 0 bridgehead atoms. The van der Waals surface area contributed by atoms with Gasteiger partial charge in [0, 0.05) is 6.54 Å². The fourth-order valence-corrected chi connectivity index (χ4v) is 4.29. The minimum atomic E-state index is -0.0659. The second-order valence-corrected chi connectivity index (χ2v) is 8.37. The van der Waals surface area contributed by atoms with Gasteiger partial charge in [-0.25, -0.2) is 0 Å². The van der Waals surface area contributed by atoms with E-state index in [4.69, 9.17) is 26.4 Å². The van der Waals surface area contributed by atoms with E-state index in [0.717, 1.165) is 29.7 Å². The van der Waals surface area contributed by atoms with E-state index < -0.39 is 0 Å². The highest BCUT2D eigenvalue weighted by atomic mass is 32.2. The Bertz CT molecular complexity index is 941. The van der Waals surface area contributed by atoms with E-state index in [-0.39, 0.29) is 5.91 Å². The number of rotatable bonds is 9. The molecule has 2 aromatic carbocycles. The fraction of sp³-hybridized carbons (Fsp3) is 0.304. The first kappa shape index (κ1) is 22.2. The number of benzene rings is 2. The van der Waals surface area contributed by atoms with Crippen LogP contribution >= 0.6 is 24.0 Å². The number of amides is 1. The number of hydrogen-bond donors (Lipinski definition) is 0. The number of hydrogen-bond acceptors (Lipinski definition) is 6. The topological polar surface area (TPSA) is 48.0 Å². The minimum Gasteiger partial charge on any atom is -0.497 e. The van der Waals surface area contributed by atoms with Crippen LogP contribution in [0.5, 0.6) is 17.2 Å². The van der Waals surface area contributed by atoms with E-state index in [2.05, 4.69) is 6.92 Å². The maximum Gasteiger partial charge on any atom is 0.266 e. The lowest BCUT2D eigenvalue weighted by Gasteiger charge is -2.14. The normalized spacial score (nSPS) is 15.0. The average Bonchev–Trinajstić information content (AvgIpc) is 3.03. The summed E-state index contributed by atoms with van der Waals surface area (Å²) >= 11 is 6.77. The molecular weight excluding hydrogens is 418 g/mol. The zero-order valence-corrected chi connectivity index (χ0v) is 19.0. The van der Waals surface area contributed by atoms with Crippen LogP contribution in [0.2, 0.25) is 0 Å². The maximum atomic E-state index is 12.9. The van der Waals surface area contributed by atoms with Gasteiger partial charge >= 0.3 is 0 Å². The average molecular weight is 444 g/mol. The van der Waals surface area contributed by atoms with Gasteiger partial charge in [0.2, 0.25) is 0 Å². The lowest BCUT2D eigenvalue weighted by Crippen LogP contribution is -2.30. The van der Waals surface area contributed by atoms with Crippen LogP contribution in [0, 0.1) is 0 Å². The van der Waals surface area contributed by atoms with Gasteiger partial charge in [0.25, 0.3) is 5.91 Å². The van der Waals surface area contributed by atoms with Crippen molar-refractivity contribution in [1.82, 2.24) is 4.90 Å². The molecule has 1 saturated heterocycles. The summed E-state index contributed by atoms with van der Waals surface area (Å²) in [5.41, 5.74) is 1.99. The van der Waals surface area contributed by atoms with Crippen molar-refractivity contribution >= 4 is 40.3 Å². The zero-order valence-electron chi connectivity index (χ0n) is 17.3. The van der Waals surface area contributed by atoms with Crippen molar-refractivity contribution < 1.29 is 19.0 Å². The molecule has 30 heavy (non-hydrogen) atoms. The Balaban J connectivity index is 1.69. The molecule has 0 spiro atoms. The molecule has 1 heterocycles. The van der Waals surface area contributed by atoms with Crippen LogP contribution in [0.4, 0.5) is 0 Å². The van der Waals surface area contributed by atoms with E-state index in [1.165, 1.54) is 11.8 Å². The van der Waals surface area contributed by atoms with Gasteiger partial charge < -0.3 is 14.2 Å². The Morgan fingerprint density at radius 2 is 1.83 bits per heavy atom. The molecule has 0 N–H and O–H groups in total. The van der Waals surface area contributed by atoms with E-state index in [9.17, 15) is 4.79 Å². The smallest absolute Gasteiger partial charge is 0.266 e. The van der Waals surface area contributed by atoms with Gasteiger partial charge in [-0.2, -0.15) is 0 Å². The minimum absolute atomic E-state index is 0.0659. The van der Waals surface area contributed by atoms with Gasteiger partial charge in [0.05, 0.1) is 25.7 Å².